The zero-order chi connectivity index (χ0) is 14.1. The molecule has 19 heavy (non-hydrogen) atoms. The summed E-state index contributed by atoms with van der Waals surface area (Å²) in [4.78, 5) is 23.4. The fourth-order valence-corrected chi connectivity index (χ4v) is 4.35. The lowest BCUT2D eigenvalue weighted by Crippen LogP contribution is -2.34. The quantitative estimate of drug-likeness (QED) is 0.669. The van der Waals surface area contributed by atoms with Crippen LogP contribution in [0.1, 0.15) is 19.3 Å². The number of nitrogens with one attached hydrogen (secondary N) is 1. The van der Waals surface area contributed by atoms with Crippen LogP contribution in [0.25, 0.3) is 0 Å². The maximum Gasteiger partial charge on any atom is 0.317 e. The lowest BCUT2D eigenvalue weighted by Gasteiger charge is -2.16. The molecular weight excluding hydrogens is 272 g/mol. The van der Waals surface area contributed by atoms with E-state index in [2.05, 4.69) is 5.32 Å². The van der Waals surface area contributed by atoms with E-state index in [4.69, 9.17) is 5.11 Å². The molecule has 0 unspecified atom stereocenters. The van der Waals surface area contributed by atoms with Gasteiger partial charge in [0.1, 0.15) is 0 Å². The maximum absolute atomic E-state index is 12.0. The highest BCUT2D eigenvalue weighted by atomic mass is 32.2. The van der Waals surface area contributed by atoms with E-state index in [-0.39, 0.29) is 30.5 Å². The van der Waals surface area contributed by atoms with E-state index in [0.29, 0.717) is 25.9 Å². The predicted molar refractivity (Wildman–Crippen MR) is 67.5 cm³/mol. The number of carboxylic acid groups (broad SMARTS) is 1. The first-order chi connectivity index (χ1) is 8.82. The van der Waals surface area contributed by atoms with Crippen LogP contribution in [-0.4, -0.2) is 61.6 Å². The van der Waals surface area contributed by atoms with Crippen molar-refractivity contribution < 1.29 is 23.1 Å². The summed E-state index contributed by atoms with van der Waals surface area (Å²) < 4.78 is 24.0. The predicted octanol–water partition coefficient (Wildman–Crippen LogP) is -0.319. The standard InChI is InChI=1S/C11H18N2O5S/c14-9(15)7-11(1-2-11)8-19(17,18)6-5-13-4-3-12-10(13)16/h1-8H2,(H,12,16)(H,14,15). The van der Waals surface area contributed by atoms with Crippen molar-refractivity contribution in [3.63, 3.8) is 0 Å². The Morgan fingerprint density at radius 3 is 2.58 bits per heavy atom. The lowest BCUT2D eigenvalue weighted by atomic mass is 10.1. The zero-order valence-electron chi connectivity index (χ0n) is 10.6. The van der Waals surface area contributed by atoms with Gasteiger partial charge in [0, 0.05) is 19.6 Å². The highest BCUT2D eigenvalue weighted by Crippen LogP contribution is 2.49. The smallest absolute Gasteiger partial charge is 0.317 e. The number of urea groups is 1. The van der Waals surface area contributed by atoms with Crippen molar-refractivity contribution in [2.75, 3.05) is 31.1 Å². The van der Waals surface area contributed by atoms with Crippen molar-refractivity contribution in [2.45, 2.75) is 19.3 Å². The maximum atomic E-state index is 12.0. The van der Waals surface area contributed by atoms with E-state index >= 15 is 0 Å². The van der Waals surface area contributed by atoms with Crippen molar-refractivity contribution in [1.29, 1.82) is 0 Å². The Morgan fingerprint density at radius 2 is 2.11 bits per heavy atom. The number of rotatable bonds is 7. The van der Waals surface area contributed by atoms with Crippen LogP contribution in [0.15, 0.2) is 0 Å². The Kier molecular flexibility index (Phi) is 3.71. The molecule has 7 nitrogen and oxygen atoms in total. The van der Waals surface area contributed by atoms with Gasteiger partial charge < -0.3 is 15.3 Å². The molecule has 1 aliphatic carbocycles. The van der Waals surface area contributed by atoms with Gasteiger partial charge in [-0.25, -0.2) is 13.2 Å². The number of hydrogen-bond donors (Lipinski definition) is 2. The molecule has 0 spiro atoms. The highest BCUT2D eigenvalue weighted by molar-refractivity contribution is 7.91. The normalized spacial score (nSPS) is 21.3. The number of carbonyl (C=O) groups is 2. The van der Waals surface area contributed by atoms with Gasteiger partial charge in [0.25, 0.3) is 0 Å². The molecule has 1 heterocycles. The van der Waals surface area contributed by atoms with Crippen LogP contribution >= 0.6 is 0 Å². The SMILES string of the molecule is O=C(O)CC1(CS(=O)(=O)CCN2CCNC2=O)CC1. The van der Waals surface area contributed by atoms with Gasteiger partial charge in [0.2, 0.25) is 0 Å². The summed E-state index contributed by atoms with van der Waals surface area (Å²) in [6, 6.07) is -0.234. The monoisotopic (exact) mass is 290 g/mol. The van der Waals surface area contributed by atoms with Gasteiger partial charge in [0.15, 0.2) is 9.84 Å². The minimum Gasteiger partial charge on any atom is -0.481 e. The van der Waals surface area contributed by atoms with Crippen LogP contribution < -0.4 is 5.32 Å². The Labute approximate surface area is 111 Å². The minimum atomic E-state index is -3.32. The Bertz CT molecular complexity index is 483. The lowest BCUT2D eigenvalue weighted by molar-refractivity contribution is -0.138. The third-order valence-corrected chi connectivity index (χ3v) is 5.48. The van der Waals surface area contributed by atoms with Gasteiger partial charge in [-0.3, -0.25) is 4.79 Å². The number of aliphatic carboxylic acids is 1. The molecule has 2 aliphatic rings. The first kappa shape index (κ1) is 14.1. The molecule has 0 bridgehead atoms. The van der Waals surface area contributed by atoms with Gasteiger partial charge in [0.05, 0.1) is 17.9 Å². The third kappa shape index (κ3) is 3.82. The van der Waals surface area contributed by atoms with Crippen molar-refractivity contribution in [2.24, 2.45) is 5.41 Å². The molecule has 2 amide bonds. The van der Waals surface area contributed by atoms with Crippen molar-refractivity contribution in [3.8, 4) is 0 Å². The van der Waals surface area contributed by atoms with Gasteiger partial charge >= 0.3 is 12.0 Å². The molecule has 1 aliphatic heterocycles. The molecule has 2 N–H and O–H groups in total. The molecule has 0 aromatic carbocycles. The zero-order valence-corrected chi connectivity index (χ0v) is 11.4. The van der Waals surface area contributed by atoms with E-state index in [9.17, 15) is 18.0 Å². The number of carboxylic acids is 1. The fourth-order valence-electron chi connectivity index (χ4n) is 2.38. The van der Waals surface area contributed by atoms with Gasteiger partial charge in [-0.1, -0.05) is 0 Å². The topological polar surface area (TPSA) is 104 Å². The van der Waals surface area contributed by atoms with Crippen molar-refractivity contribution >= 4 is 21.8 Å². The van der Waals surface area contributed by atoms with Crippen LogP contribution in [-0.2, 0) is 14.6 Å². The van der Waals surface area contributed by atoms with Gasteiger partial charge in [-0.15, -0.1) is 0 Å². The molecule has 2 fully saturated rings. The number of nitrogens with zero attached hydrogens (tertiary/aromatic N) is 1. The molecule has 8 heteroatoms. The van der Waals surface area contributed by atoms with E-state index in [1.807, 2.05) is 0 Å². The third-order valence-electron chi connectivity index (χ3n) is 3.63. The second-order valence-electron chi connectivity index (χ2n) is 5.38. The van der Waals surface area contributed by atoms with Crippen molar-refractivity contribution in [3.05, 3.63) is 0 Å². The number of carbonyl (C=O) groups excluding carboxylic acids is 1. The second kappa shape index (κ2) is 4.99. The Hall–Kier alpha value is -1.31. The van der Waals surface area contributed by atoms with E-state index < -0.39 is 21.2 Å². The Balaban J connectivity index is 1.85. The molecule has 1 saturated carbocycles. The van der Waals surface area contributed by atoms with Crippen molar-refractivity contribution in [1.82, 2.24) is 10.2 Å². The minimum absolute atomic E-state index is 0.0816. The number of hydrogen-bond acceptors (Lipinski definition) is 4. The molecule has 2 rings (SSSR count). The first-order valence-corrected chi connectivity index (χ1v) is 8.09. The second-order valence-corrected chi connectivity index (χ2v) is 7.57. The molecule has 0 aromatic heterocycles. The summed E-state index contributed by atoms with van der Waals surface area (Å²) in [7, 11) is -3.32. The number of amides is 2. The summed E-state index contributed by atoms with van der Waals surface area (Å²) in [5.41, 5.74) is -0.558. The summed E-state index contributed by atoms with van der Waals surface area (Å²) >= 11 is 0. The van der Waals surface area contributed by atoms with Crippen LogP contribution in [0.4, 0.5) is 4.79 Å². The summed E-state index contributed by atoms with van der Waals surface area (Å²) in [6.07, 6.45) is 1.22. The van der Waals surface area contributed by atoms with Crippen LogP contribution in [0.3, 0.4) is 0 Å². The average Bonchev–Trinajstić information content (AvgIpc) is 2.86. The van der Waals surface area contributed by atoms with Crippen LogP contribution in [0.2, 0.25) is 0 Å². The van der Waals surface area contributed by atoms with Crippen LogP contribution in [0, 0.1) is 5.41 Å². The molecule has 0 aromatic rings. The van der Waals surface area contributed by atoms with E-state index in [0.717, 1.165) is 0 Å². The highest BCUT2D eigenvalue weighted by Gasteiger charge is 2.47. The molecular formula is C11H18N2O5S. The molecule has 1 saturated heterocycles. The van der Waals surface area contributed by atoms with Gasteiger partial charge in [-0.05, 0) is 18.3 Å². The summed E-state index contributed by atoms with van der Waals surface area (Å²) in [5.74, 6) is -1.13. The van der Waals surface area contributed by atoms with E-state index in [1.54, 1.807) is 0 Å². The summed E-state index contributed by atoms with van der Waals surface area (Å²) in [5, 5.41) is 11.4. The molecule has 0 radical (unpaired) electrons. The fraction of sp³-hybridized carbons (Fsp3) is 0.818. The molecule has 108 valence electrons. The summed E-state index contributed by atoms with van der Waals surface area (Å²) in [6.45, 7) is 1.24. The van der Waals surface area contributed by atoms with Gasteiger partial charge in [-0.2, -0.15) is 0 Å². The number of sulfone groups is 1. The molecule has 0 atom stereocenters. The largest absolute Gasteiger partial charge is 0.481 e. The Morgan fingerprint density at radius 1 is 1.42 bits per heavy atom. The average molecular weight is 290 g/mol. The van der Waals surface area contributed by atoms with E-state index in [1.165, 1.54) is 4.90 Å². The van der Waals surface area contributed by atoms with Crippen LogP contribution in [0.5, 0.6) is 0 Å². The first-order valence-electron chi connectivity index (χ1n) is 6.27.